The van der Waals surface area contributed by atoms with Gasteiger partial charge in [-0.3, -0.25) is 9.78 Å². The smallest absolute Gasteiger partial charge is 0.357 e. The Hall–Kier alpha value is -2.92. The number of aromatic nitrogens is 1. The first-order chi connectivity index (χ1) is 10.8. The van der Waals surface area contributed by atoms with Crippen LogP contribution in [0.5, 0.6) is 5.75 Å². The Morgan fingerprint density at radius 2 is 2.09 bits per heavy atom. The highest BCUT2D eigenvalue weighted by molar-refractivity contribution is 7.81. The number of amides is 1. The minimum Gasteiger partial charge on any atom is -0.357 e. The van der Waals surface area contributed by atoms with Crippen LogP contribution in [0.25, 0.3) is 0 Å². The van der Waals surface area contributed by atoms with Gasteiger partial charge in [0.2, 0.25) is 0 Å². The highest BCUT2D eigenvalue weighted by atomic mass is 32.3. The van der Waals surface area contributed by atoms with E-state index in [-0.39, 0.29) is 5.56 Å². The lowest BCUT2D eigenvalue weighted by Crippen LogP contribution is -2.26. The Morgan fingerprint density at radius 1 is 1.35 bits per heavy atom. The highest BCUT2D eigenvalue weighted by Gasteiger charge is 2.17. The zero-order valence-corrected chi connectivity index (χ0v) is 12.7. The van der Waals surface area contributed by atoms with Crippen LogP contribution in [0.3, 0.4) is 0 Å². The fraction of sp³-hybridized carbons (Fsp3) is 0.0667. The topological polar surface area (TPSA) is 76.6 Å². The van der Waals surface area contributed by atoms with Gasteiger partial charge < -0.3 is 9.08 Å². The first-order valence-corrected chi connectivity index (χ1v) is 7.55. The SMILES string of the molecule is C#Cc1cccc(N(C)C(=O)c2cncc(OS(=O)(=O)F)c2)c1. The first kappa shape index (κ1) is 16.5. The zero-order valence-electron chi connectivity index (χ0n) is 11.9. The summed E-state index contributed by atoms with van der Waals surface area (Å²) in [5.41, 5.74) is 1.16. The van der Waals surface area contributed by atoms with E-state index in [1.54, 1.807) is 24.3 Å². The normalized spacial score (nSPS) is 10.7. The van der Waals surface area contributed by atoms with Crippen LogP contribution in [-0.4, -0.2) is 26.4 Å². The Labute approximate surface area is 132 Å². The van der Waals surface area contributed by atoms with Gasteiger partial charge in [0.1, 0.15) is 0 Å². The minimum atomic E-state index is -5.19. The number of halogens is 1. The van der Waals surface area contributed by atoms with Crippen molar-refractivity contribution in [2.45, 2.75) is 0 Å². The monoisotopic (exact) mass is 334 g/mol. The molecule has 1 amide bonds. The third-order valence-corrected chi connectivity index (χ3v) is 3.25. The first-order valence-electron chi connectivity index (χ1n) is 6.24. The van der Waals surface area contributed by atoms with Crippen molar-refractivity contribution in [3.05, 3.63) is 53.9 Å². The quantitative estimate of drug-likeness (QED) is 0.631. The maximum Gasteiger partial charge on any atom is 0.488 e. The third kappa shape index (κ3) is 4.28. The maximum atomic E-state index is 12.5. The van der Waals surface area contributed by atoms with Crippen molar-refractivity contribution in [1.29, 1.82) is 0 Å². The number of carbonyl (C=O) groups excluding carboxylic acids is 1. The molecule has 0 saturated carbocycles. The van der Waals surface area contributed by atoms with Gasteiger partial charge in [0, 0.05) is 24.5 Å². The highest BCUT2D eigenvalue weighted by Crippen LogP contribution is 2.19. The van der Waals surface area contributed by atoms with Crippen molar-refractivity contribution in [2.24, 2.45) is 0 Å². The number of benzene rings is 1. The van der Waals surface area contributed by atoms with Gasteiger partial charge in [-0.2, -0.15) is 8.42 Å². The summed E-state index contributed by atoms with van der Waals surface area (Å²) in [6, 6.07) is 7.80. The fourth-order valence-corrected chi connectivity index (χ4v) is 2.13. The Bertz CT molecular complexity index is 890. The molecule has 0 aliphatic heterocycles. The van der Waals surface area contributed by atoms with Gasteiger partial charge in [0.25, 0.3) is 5.91 Å². The molecule has 0 N–H and O–H groups in total. The molecule has 0 spiro atoms. The number of hydrogen-bond donors (Lipinski definition) is 0. The third-order valence-electron chi connectivity index (χ3n) is 2.86. The summed E-state index contributed by atoms with van der Waals surface area (Å²) >= 11 is 0. The summed E-state index contributed by atoms with van der Waals surface area (Å²) < 4.78 is 37.5. The predicted molar refractivity (Wildman–Crippen MR) is 82.0 cm³/mol. The molecule has 6 nitrogen and oxygen atoms in total. The molecular formula is C15H11FN2O4S. The van der Waals surface area contributed by atoms with Crippen molar-refractivity contribution in [3.63, 3.8) is 0 Å². The van der Waals surface area contributed by atoms with Gasteiger partial charge in [-0.25, -0.2) is 0 Å². The van der Waals surface area contributed by atoms with Crippen molar-refractivity contribution in [1.82, 2.24) is 4.98 Å². The molecule has 118 valence electrons. The maximum absolute atomic E-state index is 12.5. The molecule has 23 heavy (non-hydrogen) atoms. The molecule has 0 bridgehead atoms. The average molecular weight is 334 g/mol. The second-order valence-corrected chi connectivity index (χ2v) is 5.40. The van der Waals surface area contributed by atoms with Crippen LogP contribution in [0.15, 0.2) is 42.7 Å². The van der Waals surface area contributed by atoms with Gasteiger partial charge >= 0.3 is 10.5 Å². The molecule has 0 unspecified atom stereocenters. The van der Waals surface area contributed by atoms with Gasteiger partial charge in [-0.1, -0.05) is 15.9 Å². The lowest BCUT2D eigenvalue weighted by Gasteiger charge is -2.17. The van der Waals surface area contributed by atoms with Crippen LogP contribution in [-0.2, 0) is 10.5 Å². The molecule has 0 aliphatic rings. The van der Waals surface area contributed by atoms with E-state index in [0.29, 0.717) is 11.3 Å². The molecule has 0 aliphatic carbocycles. The Balaban J connectivity index is 2.29. The number of nitrogens with zero attached hydrogens (tertiary/aromatic N) is 2. The number of terminal acetylenes is 1. The molecule has 0 saturated heterocycles. The molecule has 2 rings (SSSR count). The number of rotatable bonds is 4. The van der Waals surface area contributed by atoms with Crippen LogP contribution in [0, 0.1) is 12.3 Å². The molecule has 8 heteroatoms. The van der Waals surface area contributed by atoms with Crippen LogP contribution in [0.1, 0.15) is 15.9 Å². The standard InChI is InChI=1S/C15H11FN2O4S/c1-3-11-5-4-6-13(7-11)18(2)15(19)12-8-14(10-17-9-12)22-23(16,20)21/h1,4-10H,2H3. The summed E-state index contributed by atoms with van der Waals surface area (Å²) in [7, 11) is -3.68. The second kappa shape index (κ2) is 6.46. The lowest BCUT2D eigenvalue weighted by molar-refractivity contribution is 0.0992. The molecule has 0 atom stereocenters. The van der Waals surface area contributed by atoms with E-state index < -0.39 is 22.2 Å². The molecule has 0 radical (unpaired) electrons. The van der Waals surface area contributed by atoms with E-state index in [1.165, 1.54) is 18.1 Å². The summed E-state index contributed by atoms with van der Waals surface area (Å²) in [6.07, 6.45) is 7.50. The number of pyridine rings is 1. The van der Waals surface area contributed by atoms with Crippen LogP contribution in [0.4, 0.5) is 9.57 Å². The molecule has 2 aromatic rings. The van der Waals surface area contributed by atoms with E-state index >= 15 is 0 Å². The van der Waals surface area contributed by atoms with Crippen LogP contribution in [0.2, 0.25) is 0 Å². The minimum absolute atomic E-state index is 0.0276. The summed E-state index contributed by atoms with van der Waals surface area (Å²) in [5.74, 6) is 1.57. The molecular weight excluding hydrogens is 323 g/mol. The van der Waals surface area contributed by atoms with Crippen LogP contribution >= 0.6 is 0 Å². The summed E-state index contributed by atoms with van der Waals surface area (Å²) in [4.78, 5) is 17.4. The zero-order chi connectivity index (χ0) is 17.0. The summed E-state index contributed by atoms with van der Waals surface area (Å²) in [5, 5.41) is 0. The van der Waals surface area contributed by atoms with Crippen molar-refractivity contribution in [2.75, 3.05) is 11.9 Å². The summed E-state index contributed by atoms with van der Waals surface area (Å²) in [6.45, 7) is 0. The van der Waals surface area contributed by atoms with Crippen molar-refractivity contribution in [3.8, 4) is 18.1 Å². The fourth-order valence-electron chi connectivity index (χ4n) is 1.81. The van der Waals surface area contributed by atoms with E-state index in [2.05, 4.69) is 15.1 Å². The second-order valence-electron chi connectivity index (χ2n) is 4.44. The largest absolute Gasteiger partial charge is 0.488 e. The van der Waals surface area contributed by atoms with E-state index in [0.717, 1.165) is 12.3 Å². The Morgan fingerprint density at radius 3 is 2.74 bits per heavy atom. The predicted octanol–water partition coefficient (Wildman–Crippen LogP) is 1.93. The van der Waals surface area contributed by atoms with Crippen molar-refractivity contribution < 1.29 is 21.3 Å². The van der Waals surface area contributed by atoms with Gasteiger partial charge in [0.05, 0.1) is 11.8 Å². The Kier molecular flexibility index (Phi) is 4.62. The van der Waals surface area contributed by atoms with Crippen LogP contribution < -0.4 is 9.08 Å². The number of hydrogen-bond acceptors (Lipinski definition) is 5. The van der Waals surface area contributed by atoms with Crippen molar-refractivity contribution >= 4 is 22.1 Å². The van der Waals surface area contributed by atoms with Gasteiger partial charge in [-0.05, 0) is 24.3 Å². The van der Waals surface area contributed by atoms with E-state index in [1.807, 2.05) is 0 Å². The molecule has 1 heterocycles. The lowest BCUT2D eigenvalue weighted by atomic mass is 10.2. The number of anilines is 1. The molecule has 0 fully saturated rings. The van der Waals surface area contributed by atoms with Gasteiger partial charge in [-0.15, -0.1) is 6.42 Å². The average Bonchev–Trinajstić information content (AvgIpc) is 2.52. The number of carbonyl (C=O) groups is 1. The van der Waals surface area contributed by atoms with E-state index in [9.17, 15) is 17.1 Å². The molecule has 1 aromatic carbocycles. The van der Waals surface area contributed by atoms with E-state index in [4.69, 9.17) is 6.42 Å². The van der Waals surface area contributed by atoms with Gasteiger partial charge in [0.15, 0.2) is 5.75 Å². The molecule has 1 aromatic heterocycles.